The second-order valence-electron chi connectivity index (χ2n) is 4.39. The Morgan fingerprint density at radius 2 is 1.88 bits per heavy atom. The lowest BCUT2D eigenvalue weighted by Gasteiger charge is -2.20. The molecule has 2 atom stereocenters. The number of hydrogen-bond acceptors (Lipinski definition) is 2. The van der Waals surface area contributed by atoms with Crippen LogP contribution in [-0.2, 0) is 5.75 Å². The summed E-state index contributed by atoms with van der Waals surface area (Å²) in [7, 11) is 0. The number of thioether (sulfide) groups is 1. The van der Waals surface area contributed by atoms with Gasteiger partial charge in [0, 0.05) is 22.1 Å². The van der Waals surface area contributed by atoms with E-state index in [9.17, 15) is 0 Å². The van der Waals surface area contributed by atoms with Gasteiger partial charge in [0.1, 0.15) is 0 Å². The summed E-state index contributed by atoms with van der Waals surface area (Å²) in [5.41, 5.74) is 1.34. The van der Waals surface area contributed by atoms with Crippen LogP contribution in [0, 0.1) is 0 Å². The molecule has 1 aromatic rings. The van der Waals surface area contributed by atoms with Crippen LogP contribution >= 0.6 is 23.4 Å². The number of rotatable bonds is 7. The molecule has 0 fully saturated rings. The van der Waals surface area contributed by atoms with Crippen molar-refractivity contribution in [3.8, 4) is 0 Å². The largest absolute Gasteiger partial charge is 0.313 e. The van der Waals surface area contributed by atoms with E-state index in [0.717, 1.165) is 17.3 Å². The molecule has 1 N–H and O–H groups in total. The van der Waals surface area contributed by atoms with Crippen molar-refractivity contribution < 1.29 is 0 Å². The Bertz CT molecular complexity index is 313. The topological polar surface area (TPSA) is 12.0 Å². The SMILES string of the molecule is CCCNC(C)C(C)SCc1ccc(Cl)cc1. The van der Waals surface area contributed by atoms with Gasteiger partial charge in [0.05, 0.1) is 0 Å². The molecule has 3 heteroatoms. The maximum Gasteiger partial charge on any atom is 0.0406 e. The molecule has 1 aromatic carbocycles. The Morgan fingerprint density at radius 1 is 1.24 bits per heavy atom. The van der Waals surface area contributed by atoms with Crippen LogP contribution in [0.4, 0.5) is 0 Å². The van der Waals surface area contributed by atoms with E-state index in [4.69, 9.17) is 11.6 Å². The zero-order valence-electron chi connectivity index (χ0n) is 10.9. The molecule has 1 nitrogen and oxygen atoms in total. The first-order chi connectivity index (χ1) is 8.13. The number of benzene rings is 1. The van der Waals surface area contributed by atoms with Crippen LogP contribution in [0.2, 0.25) is 5.02 Å². The highest BCUT2D eigenvalue weighted by Gasteiger charge is 2.11. The summed E-state index contributed by atoms with van der Waals surface area (Å²) >= 11 is 7.85. The molecule has 2 unspecified atom stereocenters. The maximum absolute atomic E-state index is 5.87. The van der Waals surface area contributed by atoms with Gasteiger partial charge in [-0.05, 0) is 37.6 Å². The standard InChI is InChI=1S/C14H22ClNS/c1-4-9-16-11(2)12(3)17-10-13-5-7-14(15)8-6-13/h5-8,11-12,16H,4,9-10H2,1-3H3. The Morgan fingerprint density at radius 3 is 2.47 bits per heavy atom. The molecule has 0 aliphatic heterocycles. The molecule has 0 heterocycles. The molecule has 0 saturated heterocycles. The van der Waals surface area contributed by atoms with Crippen LogP contribution in [-0.4, -0.2) is 17.8 Å². The minimum atomic E-state index is 0.562. The van der Waals surface area contributed by atoms with Crippen molar-refractivity contribution in [1.29, 1.82) is 0 Å². The zero-order chi connectivity index (χ0) is 12.7. The van der Waals surface area contributed by atoms with Crippen LogP contribution in [0.3, 0.4) is 0 Å². The second-order valence-corrected chi connectivity index (χ2v) is 6.19. The van der Waals surface area contributed by atoms with E-state index in [1.54, 1.807) is 0 Å². The number of hydrogen-bond donors (Lipinski definition) is 1. The third-order valence-electron chi connectivity index (χ3n) is 2.85. The van der Waals surface area contributed by atoms with Crippen LogP contribution < -0.4 is 5.32 Å². The van der Waals surface area contributed by atoms with E-state index in [0.29, 0.717) is 11.3 Å². The Kier molecular flexibility index (Phi) is 7.02. The van der Waals surface area contributed by atoms with Crippen LogP contribution in [0.1, 0.15) is 32.8 Å². The summed E-state index contributed by atoms with van der Waals surface area (Å²) in [6, 6.07) is 8.69. The lowest BCUT2D eigenvalue weighted by Crippen LogP contribution is -2.34. The van der Waals surface area contributed by atoms with E-state index in [2.05, 4.69) is 38.2 Å². The molecule has 0 aliphatic rings. The van der Waals surface area contributed by atoms with Gasteiger partial charge in [0.25, 0.3) is 0 Å². The molecule has 0 aliphatic carbocycles. The molecule has 0 saturated carbocycles. The molecule has 0 bridgehead atoms. The zero-order valence-corrected chi connectivity index (χ0v) is 12.4. The van der Waals surface area contributed by atoms with Crippen LogP contribution in [0.5, 0.6) is 0 Å². The average Bonchev–Trinajstić information content (AvgIpc) is 2.34. The molecule has 0 radical (unpaired) electrons. The summed E-state index contributed by atoms with van der Waals surface area (Å²) in [5.74, 6) is 1.05. The van der Waals surface area contributed by atoms with Crippen LogP contribution in [0.15, 0.2) is 24.3 Å². The molecule has 0 amide bonds. The maximum atomic E-state index is 5.87. The Balaban J connectivity index is 2.32. The Hall–Kier alpha value is -0.180. The summed E-state index contributed by atoms with van der Waals surface area (Å²) in [6.07, 6.45) is 1.19. The molecule has 0 aromatic heterocycles. The molecule has 0 spiro atoms. The van der Waals surface area contributed by atoms with Gasteiger partial charge in [0.15, 0.2) is 0 Å². The van der Waals surface area contributed by atoms with Crippen molar-refractivity contribution in [2.75, 3.05) is 6.54 Å². The lowest BCUT2D eigenvalue weighted by molar-refractivity contribution is 0.542. The number of nitrogens with one attached hydrogen (secondary N) is 1. The molecule has 1 rings (SSSR count). The van der Waals surface area contributed by atoms with Crippen molar-refractivity contribution in [2.45, 2.75) is 44.2 Å². The summed E-state index contributed by atoms with van der Waals surface area (Å²) in [5, 5.41) is 4.97. The second kappa shape index (κ2) is 8.02. The van der Waals surface area contributed by atoms with Gasteiger partial charge in [-0.1, -0.05) is 37.6 Å². The van der Waals surface area contributed by atoms with Crippen LogP contribution in [0.25, 0.3) is 0 Å². The van der Waals surface area contributed by atoms with Gasteiger partial charge in [-0.2, -0.15) is 11.8 Å². The minimum absolute atomic E-state index is 0.562. The fourth-order valence-electron chi connectivity index (χ4n) is 1.49. The summed E-state index contributed by atoms with van der Waals surface area (Å²) < 4.78 is 0. The van der Waals surface area contributed by atoms with E-state index in [1.165, 1.54) is 12.0 Å². The quantitative estimate of drug-likeness (QED) is 0.791. The molecule has 96 valence electrons. The van der Waals surface area contributed by atoms with E-state index >= 15 is 0 Å². The normalized spacial score (nSPS) is 14.6. The Labute approximate surface area is 114 Å². The van der Waals surface area contributed by atoms with Gasteiger partial charge >= 0.3 is 0 Å². The first-order valence-electron chi connectivity index (χ1n) is 6.23. The minimum Gasteiger partial charge on any atom is -0.313 e. The number of halogens is 1. The van der Waals surface area contributed by atoms with Crippen molar-refractivity contribution in [3.05, 3.63) is 34.9 Å². The van der Waals surface area contributed by atoms with E-state index in [-0.39, 0.29) is 0 Å². The van der Waals surface area contributed by atoms with E-state index < -0.39 is 0 Å². The summed E-state index contributed by atoms with van der Waals surface area (Å²) in [4.78, 5) is 0. The predicted molar refractivity (Wildman–Crippen MR) is 80.0 cm³/mol. The smallest absolute Gasteiger partial charge is 0.0406 e. The highest BCUT2D eigenvalue weighted by atomic mass is 35.5. The van der Waals surface area contributed by atoms with Gasteiger partial charge in [-0.3, -0.25) is 0 Å². The third-order valence-corrected chi connectivity index (χ3v) is 4.53. The van der Waals surface area contributed by atoms with Crippen molar-refractivity contribution >= 4 is 23.4 Å². The third kappa shape index (κ3) is 5.80. The van der Waals surface area contributed by atoms with Crippen molar-refractivity contribution in [1.82, 2.24) is 5.32 Å². The molecular formula is C14H22ClNS. The highest BCUT2D eigenvalue weighted by Crippen LogP contribution is 2.21. The first-order valence-corrected chi connectivity index (χ1v) is 7.65. The lowest BCUT2D eigenvalue weighted by atomic mass is 10.2. The predicted octanol–water partition coefficient (Wildman–Crippen LogP) is 4.35. The fourth-order valence-corrected chi connectivity index (χ4v) is 2.65. The molecular weight excluding hydrogens is 250 g/mol. The van der Waals surface area contributed by atoms with E-state index in [1.807, 2.05) is 23.9 Å². The van der Waals surface area contributed by atoms with Gasteiger partial charge in [-0.15, -0.1) is 0 Å². The van der Waals surface area contributed by atoms with Crippen molar-refractivity contribution in [2.24, 2.45) is 0 Å². The monoisotopic (exact) mass is 271 g/mol. The highest BCUT2D eigenvalue weighted by molar-refractivity contribution is 7.99. The summed E-state index contributed by atoms with van der Waals surface area (Å²) in [6.45, 7) is 7.85. The first kappa shape index (κ1) is 14.9. The van der Waals surface area contributed by atoms with Gasteiger partial charge in [0.2, 0.25) is 0 Å². The van der Waals surface area contributed by atoms with Gasteiger partial charge < -0.3 is 5.32 Å². The van der Waals surface area contributed by atoms with Gasteiger partial charge in [-0.25, -0.2) is 0 Å². The molecule has 17 heavy (non-hydrogen) atoms. The average molecular weight is 272 g/mol. The fraction of sp³-hybridized carbons (Fsp3) is 0.571. The van der Waals surface area contributed by atoms with Crippen molar-refractivity contribution in [3.63, 3.8) is 0 Å².